The zero-order valence-corrected chi connectivity index (χ0v) is 18.1. The molecular formula is C28H19N2OP. The molecule has 32 heavy (non-hydrogen) atoms. The molecule has 1 aliphatic heterocycles. The molecule has 7 rings (SSSR count). The average Bonchev–Trinajstić information content (AvgIpc) is 3.41. The summed E-state index contributed by atoms with van der Waals surface area (Å²) < 4.78 is 19.8. The van der Waals surface area contributed by atoms with Crippen molar-refractivity contribution in [3.05, 3.63) is 115 Å². The number of hydrogen-bond acceptors (Lipinski definition) is 1. The minimum Gasteiger partial charge on any atom is -0.271 e. The molecule has 4 aromatic carbocycles. The van der Waals surface area contributed by atoms with Crippen molar-refractivity contribution in [1.29, 1.82) is 0 Å². The molecule has 0 bridgehead atoms. The molecule has 0 fully saturated rings. The van der Waals surface area contributed by atoms with E-state index in [4.69, 9.17) is 0 Å². The van der Waals surface area contributed by atoms with Gasteiger partial charge in [0.15, 0.2) is 0 Å². The van der Waals surface area contributed by atoms with E-state index in [9.17, 15) is 0 Å². The van der Waals surface area contributed by atoms with Crippen LogP contribution in [-0.2, 0) is 4.57 Å². The van der Waals surface area contributed by atoms with Crippen LogP contribution in [0.1, 0.15) is 0 Å². The van der Waals surface area contributed by atoms with Gasteiger partial charge in [0.05, 0.1) is 27.7 Å². The predicted molar refractivity (Wildman–Crippen MR) is 133 cm³/mol. The average molecular weight is 430 g/mol. The minimum absolute atomic E-state index is 0.818. The molecule has 0 atom stereocenters. The van der Waals surface area contributed by atoms with Crippen molar-refractivity contribution in [1.82, 2.24) is 8.68 Å². The van der Waals surface area contributed by atoms with Gasteiger partial charge in [0.2, 0.25) is 0 Å². The lowest BCUT2D eigenvalue weighted by Crippen LogP contribution is -2.17. The van der Waals surface area contributed by atoms with Crippen LogP contribution in [0.15, 0.2) is 115 Å². The summed E-state index contributed by atoms with van der Waals surface area (Å²) in [5, 5.41) is 3.00. The van der Waals surface area contributed by atoms with Crippen molar-refractivity contribution >= 4 is 34.6 Å². The standard InChI is InChI=1S/C28H19N2OP/c31-32(22-12-2-1-3-13-22)29-25-16-8-4-10-20(25)18-27(29)23-14-6-7-15-24(23)28-19-21-11-5-9-17-26(21)30(28)32/h1-19H. The van der Waals surface area contributed by atoms with E-state index in [0.29, 0.717) is 0 Å². The molecule has 6 aromatic rings. The molecule has 0 amide bonds. The highest BCUT2D eigenvalue weighted by atomic mass is 31.2. The SMILES string of the molecule is O=P1(c2ccccc2)n2c(cc3ccccc32)-c2ccccc2-c2cc3ccccc3n21. The van der Waals surface area contributed by atoms with Crippen LogP contribution < -0.4 is 5.30 Å². The maximum Gasteiger partial charge on any atom is 0.301 e. The van der Waals surface area contributed by atoms with Crippen molar-refractivity contribution in [3.8, 4) is 22.5 Å². The number of hydrogen-bond donors (Lipinski definition) is 0. The van der Waals surface area contributed by atoms with E-state index >= 15 is 4.57 Å². The third-order valence-corrected chi connectivity index (χ3v) is 9.40. The van der Waals surface area contributed by atoms with E-state index in [2.05, 4.69) is 69.3 Å². The summed E-state index contributed by atoms with van der Waals surface area (Å²) >= 11 is 0. The van der Waals surface area contributed by atoms with E-state index in [-0.39, 0.29) is 0 Å². The van der Waals surface area contributed by atoms with Crippen LogP contribution in [0.2, 0.25) is 0 Å². The summed E-state index contributed by atoms with van der Waals surface area (Å²) in [6.45, 7) is 0. The summed E-state index contributed by atoms with van der Waals surface area (Å²) in [5.41, 5.74) is 6.14. The second-order valence-corrected chi connectivity index (χ2v) is 10.6. The van der Waals surface area contributed by atoms with Gasteiger partial charge >= 0.3 is 7.44 Å². The van der Waals surface area contributed by atoms with E-state index < -0.39 is 7.44 Å². The smallest absolute Gasteiger partial charge is 0.271 e. The largest absolute Gasteiger partial charge is 0.301 e. The fraction of sp³-hybridized carbons (Fsp3) is 0. The molecule has 0 saturated carbocycles. The molecule has 0 N–H and O–H groups in total. The molecule has 4 heteroatoms. The number of aromatic nitrogens is 2. The monoisotopic (exact) mass is 430 g/mol. The Hall–Kier alpha value is -3.81. The van der Waals surface area contributed by atoms with E-state index in [1.54, 1.807) is 0 Å². The molecule has 0 aliphatic carbocycles. The fourth-order valence-electron chi connectivity index (χ4n) is 5.12. The van der Waals surface area contributed by atoms with Crippen LogP contribution in [0, 0.1) is 0 Å². The van der Waals surface area contributed by atoms with Gasteiger partial charge < -0.3 is 0 Å². The number of nitrogens with zero attached hydrogens (tertiary/aromatic N) is 2. The summed E-state index contributed by atoms with van der Waals surface area (Å²) in [7, 11) is -3.33. The van der Waals surface area contributed by atoms with Crippen LogP contribution in [0.3, 0.4) is 0 Å². The normalized spacial score (nSPS) is 14.0. The quantitative estimate of drug-likeness (QED) is 0.254. The fourth-order valence-corrected chi connectivity index (χ4v) is 8.19. The van der Waals surface area contributed by atoms with Gasteiger partial charge in [-0.25, -0.2) is 0 Å². The van der Waals surface area contributed by atoms with Gasteiger partial charge in [0.1, 0.15) is 0 Å². The molecule has 0 saturated heterocycles. The number of benzene rings is 4. The third kappa shape index (κ3) is 2.19. The molecular weight excluding hydrogens is 411 g/mol. The van der Waals surface area contributed by atoms with Crippen molar-refractivity contribution in [2.75, 3.05) is 0 Å². The zero-order valence-electron chi connectivity index (χ0n) is 17.2. The molecule has 0 spiro atoms. The second kappa shape index (κ2) is 6.35. The maximum atomic E-state index is 15.6. The van der Waals surface area contributed by atoms with Crippen LogP contribution in [0.4, 0.5) is 0 Å². The van der Waals surface area contributed by atoms with Gasteiger partial charge in [-0.2, -0.15) is 0 Å². The molecule has 0 unspecified atom stereocenters. The lowest BCUT2D eigenvalue weighted by Gasteiger charge is -2.25. The molecule has 152 valence electrons. The van der Waals surface area contributed by atoms with E-state index in [1.165, 1.54) is 0 Å². The van der Waals surface area contributed by atoms with Gasteiger partial charge in [-0.3, -0.25) is 13.2 Å². The first-order chi connectivity index (χ1) is 15.8. The highest BCUT2D eigenvalue weighted by Crippen LogP contribution is 2.60. The summed E-state index contributed by atoms with van der Waals surface area (Å²) in [6, 6.07) is 39.2. The minimum atomic E-state index is -3.33. The van der Waals surface area contributed by atoms with Gasteiger partial charge in [-0.05, 0) is 36.4 Å². The third-order valence-electron chi connectivity index (χ3n) is 6.48. The van der Waals surface area contributed by atoms with E-state index in [0.717, 1.165) is 49.6 Å². The van der Waals surface area contributed by atoms with Crippen molar-refractivity contribution < 1.29 is 4.57 Å². The van der Waals surface area contributed by atoms with Crippen LogP contribution in [0.5, 0.6) is 0 Å². The molecule has 1 aliphatic rings. The Morgan fingerprint density at radius 2 is 0.938 bits per heavy atom. The van der Waals surface area contributed by atoms with Crippen LogP contribution in [-0.4, -0.2) is 8.68 Å². The van der Waals surface area contributed by atoms with Gasteiger partial charge in [0, 0.05) is 21.9 Å². The predicted octanol–water partition coefficient (Wildman–Crippen LogP) is 7.16. The van der Waals surface area contributed by atoms with E-state index in [1.807, 2.05) is 54.6 Å². The van der Waals surface area contributed by atoms with Crippen molar-refractivity contribution in [2.24, 2.45) is 0 Å². The van der Waals surface area contributed by atoms with Gasteiger partial charge in [0.25, 0.3) is 0 Å². The van der Waals surface area contributed by atoms with Gasteiger partial charge in [-0.15, -0.1) is 0 Å². The zero-order chi connectivity index (χ0) is 21.3. The lowest BCUT2D eigenvalue weighted by molar-refractivity contribution is 0.572. The summed E-state index contributed by atoms with van der Waals surface area (Å²) in [4.78, 5) is 0. The summed E-state index contributed by atoms with van der Waals surface area (Å²) in [5.74, 6) is 0. The summed E-state index contributed by atoms with van der Waals surface area (Å²) in [6.07, 6.45) is 0. The Morgan fingerprint density at radius 1 is 0.500 bits per heavy atom. The highest BCUT2D eigenvalue weighted by molar-refractivity contribution is 7.69. The molecule has 0 radical (unpaired) electrons. The second-order valence-electron chi connectivity index (χ2n) is 8.23. The number of fused-ring (bicyclic) bond motifs is 9. The van der Waals surface area contributed by atoms with Gasteiger partial charge in [-0.1, -0.05) is 78.9 Å². The maximum absolute atomic E-state index is 15.6. The Morgan fingerprint density at radius 3 is 1.47 bits per heavy atom. The Labute approximate surface area is 185 Å². The van der Waals surface area contributed by atoms with Crippen molar-refractivity contribution in [2.45, 2.75) is 0 Å². The first-order valence-electron chi connectivity index (χ1n) is 10.7. The first kappa shape index (κ1) is 17.8. The number of para-hydroxylation sites is 2. The van der Waals surface area contributed by atoms with Crippen LogP contribution >= 0.6 is 7.44 Å². The number of rotatable bonds is 1. The molecule has 3 heterocycles. The highest BCUT2D eigenvalue weighted by Gasteiger charge is 2.39. The Balaban J connectivity index is 1.79. The van der Waals surface area contributed by atoms with Crippen LogP contribution in [0.25, 0.3) is 44.3 Å². The Kier molecular flexibility index (Phi) is 3.54. The molecule has 3 nitrogen and oxygen atoms in total. The molecule has 2 aromatic heterocycles. The first-order valence-corrected chi connectivity index (χ1v) is 12.4. The topological polar surface area (TPSA) is 26.9 Å². The Bertz CT molecular complexity index is 1600. The lowest BCUT2D eigenvalue weighted by atomic mass is 10.0. The van der Waals surface area contributed by atoms with Crippen molar-refractivity contribution in [3.63, 3.8) is 0 Å².